The Kier molecular flexibility index (Phi) is 7.36. The number of nitrogens with one attached hydrogen (secondary N) is 1. The van der Waals surface area contributed by atoms with Gasteiger partial charge < -0.3 is 10.1 Å². The van der Waals surface area contributed by atoms with Crippen LogP contribution in [0.2, 0.25) is 0 Å². The topological polar surface area (TPSA) is 92.8 Å². The second kappa shape index (κ2) is 9.83. The number of hydrogen-bond donors (Lipinski definition) is 1. The van der Waals surface area contributed by atoms with E-state index in [4.69, 9.17) is 4.74 Å². The van der Waals surface area contributed by atoms with Gasteiger partial charge >= 0.3 is 5.97 Å². The third kappa shape index (κ3) is 5.37. The molecular formula is C24H30N2O5S. The Labute approximate surface area is 189 Å². The Bertz CT molecular complexity index is 1110. The fourth-order valence-electron chi connectivity index (χ4n) is 4.04. The molecule has 2 aromatic rings. The highest BCUT2D eigenvalue weighted by molar-refractivity contribution is 7.89. The molecule has 0 aromatic heterocycles. The Hall–Kier alpha value is -2.71. The first kappa shape index (κ1) is 23.9. The van der Waals surface area contributed by atoms with E-state index in [1.54, 1.807) is 19.1 Å². The second-order valence-electron chi connectivity index (χ2n) is 8.34. The molecule has 1 N–H and O–H groups in total. The maximum Gasteiger partial charge on any atom is 0.339 e. The number of benzene rings is 2. The minimum atomic E-state index is -3.62. The summed E-state index contributed by atoms with van der Waals surface area (Å²) in [6.07, 6.45) is 2.72. The average molecular weight is 459 g/mol. The minimum absolute atomic E-state index is 0.142. The summed E-state index contributed by atoms with van der Waals surface area (Å²) >= 11 is 0. The molecule has 7 nitrogen and oxygen atoms in total. The van der Waals surface area contributed by atoms with Crippen molar-refractivity contribution in [1.82, 2.24) is 4.31 Å². The van der Waals surface area contributed by atoms with E-state index in [0.717, 1.165) is 36.0 Å². The lowest BCUT2D eigenvalue weighted by atomic mass is 10.00. The summed E-state index contributed by atoms with van der Waals surface area (Å²) in [5.74, 6) is -1.09. The Balaban J connectivity index is 1.69. The van der Waals surface area contributed by atoms with E-state index in [-0.39, 0.29) is 4.90 Å². The molecule has 172 valence electrons. The highest BCUT2D eigenvalue weighted by Crippen LogP contribution is 2.25. The van der Waals surface area contributed by atoms with Crippen molar-refractivity contribution >= 4 is 27.6 Å². The zero-order valence-electron chi connectivity index (χ0n) is 19.0. The number of sulfonamides is 1. The van der Waals surface area contributed by atoms with Crippen molar-refractivity contribution in [3.8, 4) is 0 Å². The van der Waals surface area contributed by atoms with Crippen molar-refractivity contribution in [3.05, 3.63) is 58.1 Å². The highest BCUT2D eigenvalue weighted by Gasteiger charge is 2.26. The first-order chi connectivity index (χ1) is 15.1. The quantitative estimate of drug-likeness (QED) is 0.663. The van der Waals surface area contributed by atoms with Crippen LogP contribution in [0.4, 0.5) is 5.69 Å². The molecule has 0 bridgehead atoms. The number of carbonyl (C=O) groups is 2. The Morgan fingerprint density at radius 1 is 0.938 bits per heavy atom. The van der Waals surface area contributed by atoms with Gasteiger partial charge in [-0.15, -0.1) is 0 Å². The third-order valence-corrected chi connectivity index (χ3v) is 7.55. The summed E-state index contributed by atoms with van der Waals surface area (Å²) in [5.41, 5.74) is 4.18. The van der Waals surface area contributed by atoms with Crippen LogP contribution >= 0.6 is 0 Å². The predicted octanol–water partition coefficient (Wildman–Crippen LogP) is 3.89. The molecule has 0 aliphatic carbocycles. The van der Waals surface area contributed by atoms with Crippen LogP contribution in [0.5, 0.6) is 0 Å². The Morgan fingerprint density at radius 3 is 2.19 bits per heavy atom. The van der Waals surface area contributed by atoms with Gasteiger partial charge in [0.2, 0.25) is 10.0 Å². The van der Waals surface area contributed by atoms with Crippen molar-refractivity contribution < 1.29 is 22.7 Å². The summed E-state index contributed by atoms with van der Waals surface area (Å²) in [6, 6.07) is 8.46. The van der Waals surface area contributed by atoms with Gasteiger partial charge in [-0.2, -0.15) is 4.31 Å². The molecule has 32 heavy (non-hydrogen) atoms. The standard InChI is InChI=1S/C24H30N2O5S/c1-16-12-18(3)23(19(4)13-16)24(28)31-15-22(27)25-21-14-20(9-8-17(21)2)32(29,30)26-10-6-5-7-11-26/h8-9,12-14H,5-7,10-11,15H2,1-4H3,(H,25,27). The van der Waals surface area contributed by atoms with Crippen LogP contribution in [0.15, 0.2) is 35.2 Å². The number of nitrogens with zero attached hydrogens (tertiary/aromatic N) is 1. The van der Waals surface area contributed by atoms with Crippen molar-refractivity contribution in [2.75, 3.05) is 25.0 Å². The second-order valence-corrected chi connectivity index (χ2v) is 10.3. The van der Waals surface area contributed by atoms with Gasteiger partial charge in [-0.3, -0.25) is 4.79 Å². The normalized spacial score (nSPS) is 14.8. The van der Waals surface area contributed by atoms with Crippen LogP contribution in [0.25, 0.3) is 0 Å². The number of rotatable bonds is 6. The summed E-state index contributed by atoms with van der Waals surface area (Å²) in [6.45, 7) is 7.93. The van der Waals surface area contributed by atoms with Crippen LogP contribution in [-0.4, -0.2) is 44.3 Å². The molecule has 3 rings (SSSR count). The van der Waals surface area contributed by atoms with E-state index in [2.05, 4.69) is 5.32 Å². The number of carbonyl (C=O) groups excluding carboxylic acids is 2. The Morgan fingerprint density at radius 2 is 1.56 bits per heavy atom. The maximum absolute atomic E-state index is 12.9. The first-order valence-corrected chi connectivity index (χ1v) is 12.2. The van der Waals surface area contributed by atoms with Gasteiger partial charge in [0.05, 0.1) is 10.5 Å². The molecule has 0 atom stereocenters. The molecule has 1 saturated heterocycles. The van der Waals surface area contributed by atoms with E-state index in [9.17, 15) is 18.0 Å². The van der Waals surface area contributed by atoms with Crippen molar-refractivity contribution in [1.29, 1.82) is 0 Å². The summed E-state index contributed by atoms with van der Waals surface area (Å²) < 4.78 is 32.6. The van der Waals surface area contributed by atoms with E-state index in [0.29, 0.717) is 29.9 Å². The fraction of sp³-hybridized carbons (Fsp3) is 0.417. The maximum atomic E-state index is 12.9. The molecule has 0 radical (unpaired) electrons. The van der Waals surface area contributed by atoms with Gasteiger partial charge in [0.15, 0.2) is 6.61 Å². The minimum Gasteiger partial charge on any atom is -0.452 e. The summed E-state index contributed by atoms with van der Waals surface area (Å²) in [4.78, 5) is 25.1. The molecule has 1 aliphatic rings. The van der Waals surface area contributed by atoms with Gasteiger partial charge in [0, 0.05) is 18.8 Å². The molecule has 2 aromatic carbocycles. The lowest BCUT2D eigenvalue weighted by molar-refractivity contribution is -0.119. The molecule has 1 aliphatic heterocycles. The van der Waals surface area contributed by atoms with Crippen molar-refractivity contribution in [2.24, 2.45) is 0 Å². The molecule has 1 heterocycles. The zero-order valence-corrected chi connectivity index (χ0v) is 19.8. The number of esters is 1. The number of amides is 1. The third-order valence-electron chi connectivity index (χ3n) is 5.65. The molecular weight excluding hydrogens is 428 g/mol. The molecule has 1 amide bonds. The molecule has 0 spiro atoms. The highest BCUT2D eigenvalue weighted by atomic mass is 32.2. The lowest BCUT2D eigenvalue weighted by Crippen LogP contribution is -2.35. The summed E-state index contributed by atoms with van der Waals surface area (Å²) in [7, 11) is -3.62. The van der Waals surface area contributed by atoms with Crippen LogP contribution in [0, 0.1) is 27.7 Å². The van der Waals surface area contributed by atoms with E-state index >= 15 is 0 Å². The molecule has 0 saturated carbocycles. The first-order valence-electron chi connectivity index (χ1n) is 10.7. The van der Waals surface area contributed by atoms with Crippen LogP contribution in [-0.2, 0) is 19.6 Å². The largest absolute Gasteiger partial charge is 0.452 e. The van der Waals surface area contributed by atoms with Gasteiger partial charge in [-0.05, 0) is 69.4 Å². The number of piperidine rings is 1. The molecule has 1 fully saturated rings. The summed E-state index contributed by atoms with van der Waals surface area (Å²) in [5, 5.41) is 2.67. The smallest absolute Gasteiger partial charge is 0.339 e. The van der Waals surface area contributed by atoms with Crippen LogP contribution in [0.1, 0.15) is 51.9 Å². The number of anilines is 1. The van der Waals surface area contributed by atoms with Crippen molar-refractivity contribution in [2.45, 2.75) is 51.9 Å². The van der Waals surface area contributed by atoms with Crippen LogP contribution in [0.3, 0.4) is 0 Å². The molecule has 8 heteroatoms. The van der Waals surface area contributed by atoms with E-state index in [1.165, 1.54) is 10.4 Å². The molecule has 0 unspecified atom stereocenters. The van der Waals surface area contributed by atoms with E-state index in [1.807, 2.05) is 32.9 Å². The zero-order chi connectivity index (χ0) is 23.5. The van der Waals surface area contributed by atoms with Crippen molar-refractivity contribution in [3.63, 3.8) is 0 Å². The van der Waals surface area contributed by atoms with Crippen LogP contribution < -0.4 is 5.32 Å². The predicted molar refractivity (Wildman–Crippen MR) is 123 cm³/mol. The van der Waals surface area contributed by atoms with Gasteiger partial charge in [0.25, 0.3) is 5.91 Å². The lowest BCUT2D eigenvalue weighted by Gasteiger charge is -2.26. The monoisotopic (exact) mass is 458 g/mol. The van der Waals surface area contributed by atoms with Gasteiger partial charge in [-0.1, -0.05) is 30.2 Å². The van der Waals surface area contributed by atoms with Gasteiger partial charge in [0.1, 0.15) is 0 Å². The number of hydrogen-bond acceptors (Lipinski definition) is 5. The number of aryl methyl sites for hydroxylation is 4. The van der Waals surface area contributed by atoms with E-state index < -0.39 is 28.5 Å². The number of ether oxygens (including phenoxy) is 1. The SMILES string of the molecule is Cc1cc(C)c(C(=O)OCC(=O)Nc2cc(S(=O)(=O)N3CCCCC3)ccc2C)c(C)c1. The van der Waals surface area contributed by atoms with Gasteiger partial charge in [-0.25, -0.2) is 13.2 Å². The fourth-order valence-corrected chi connectivity index (χ4v) is 5.59. The average Bonchev–Trinajstić information content (AvgIpc) is 2.73.